The number of carbonyl (C=O) groups excluding carboxylic acids is 1. The summed E-state index contributed by atoms with van der Waals surface area (Å²) in [7, 11) is -1.35. The molecule has 0 spiro atoms. The molecule has 0 saturated carbocycles. The number of nitrogens with zero attached hydrogens (tertiary/aromatic N) is 2. The highest BCUT2D eigenvalue weighted by atomic mass is 31.2. The van der Waals surface area contributed by atoms with Gasteiger partial charge < -0.3 is 28.4 Å². The number of rotatable bonds is 12. The average molecular weight is 505 g/mol. The lowest BCUT2D eigenvalue weighted by atomic mass is 10.0. The van der Waals surface area contributed by atoms with Gasteiger partial charge in [-0.05, 0) is 69.5 Å². The third-order valence-electron chi connectivity index (χ3n) is 6.41. The highest BCUT2D eigenvalue weighted by Gasteiger charge is 2.31. The highest BCUT2D eigenvalue weighted by molar-refractivity contribution is 7.41. The lowest BCUT2D eigenvalue weighted by Gasteiger charge is -2.33. The van der Waals surface area contributed by atoms with Crippen LogP contribution in [0.15, 0.2) is 36.4 Å². The molecule has 2 aromatic rings. The first kappa shape index (κ1) is 25.8. The van der Waals surface area contributed by atoms with Crippen molar-refractivity contribution in [2.75, 3.05) is 38.0 Å². The van der Waals surface area contributed by atoms with Gasteiger partial charge in [0.2, 0.25) is 5.78 Å². The highest BCUT2D eigenvalue weighted by Crippen LogP contribution is 2.39. The number of piperidine rings is 1. The number of anilines is 1. The van der Waals surface area contributed by atoms with Gasteiger partial charge in [-0.3, -0.25) is 14.1 Å². The Bertz CT molecular complexity index is 996. The van der Waals surface area contributed by atoms with Crippen molar-refractivity contribution in [3.8, 4) is 0 Å². The van der Waals surface area contributed by atoms with Gasteiger partial charge in [0.05, 0.1) is 30.9 Å². The van der Waals surface area contributed by atoms with Crippen molar-refractivity contribution >= 4 is 26.0 Å². The minimum absolute atomic E-state index is 0.0833. The second-order valence-corrected chi connectivity index (χ2v) is 9.73. The maximum absolute atomic E-state index is 13.1. The first-order valence-electron chi connectivity index (χ1n) is 12.1. The van der Waals surface area contributed by atoms with Crippen molar-refractivity contribution in [2.45, 2.75) is 51.7 Å². The lowest BCUT2D eigenvalue weighted by molar-refractivity contribution is -0.138. The van der Waals surface area contributed by atoms with E-state index in [0.717, 1.165) is 31.6 Å². The molecular formula is C25H33N2O7P. The number of aliphatic carboxylic acids is 1. The third-order valence-corrected chi connectivity index (χ3v) is 7.67. The van der Waals surface area contributed by atoms with E-state index in [0.29, 0.717) is 43.1 Å². The van der Waals surface area contributed by atoms with Crippen LogP contribution in [0.1, 0.15) is 60.8 Å². The third kappa shape index (κ3) is 6.11. The molecular weight excluding hydrogens is 471 g/mol. The van der Waals surface area contributed by atoms with Crippen LogP contribution in [0.25, 0.3) is 0 Å². The predicted octanol–water partition coefficient (Wildman–Crippen LogP) is 4.55. The van der Waals surface area contributed by atoms with Crippen molar-refractivity contribution in [1.82, 2.24) is 4.57 Å². The van der Waals surface area contributed by atoms with Crippen molar-refractivity contribution in [3.05, 3.63) is 53.3 Å². The van der Waals surface area contributed by atoms with E-state index in [-0.39, 0.29) is 18.7 Å². The van der Waals surface area contributed by atoms with Crippen LogP contribution in [0.3, 0.4) is 0 Å². The normalized spacial score (nSPS) is 18.3. The molecule has 190 valence electrons. The van der Waals surface area contributed by atoms with Crippen molar-refractivity contribution < 1.29 is 33.0 Å². The summed E-state index contributed by atoms with van der Waals surface area (Å²) in [5.74, 6) is -1.46. The first-order valence-corrected chi connectivity index (χ1v) is 13.2. The van der Waals surface area contributed by atoms with Crippen molar-refractivity contribution in [2.24, 2.45) is 0 Å². The Morgan fingerprint density at radius 3 is 2.26 bits per heavy atom. The number of benzene rings is 1. The standard InChI is InChI=1S/C25H33N2O7P/c1-3-32-35(33-4-2)34-17-31-20-11-14-26(15-12-20)19-7-5-18(6-8-19)24(28)23-10-9-22-21(25(29)30)13-16-27(22)23/h5-10,20-21H,3-4,11-17H2,1-2H3,(H,29,30). The molecule has 1 N–H and O–H groups in total. The van der Waals surface area contributed by atoms with Crippen LogP contribution in [0.4, 0.5) is 5.69 Å². The van der Waals surface area contributed by atoms with Gasteiger partial charge in [0.1, 0.15) is 0 Å². The quantitative estimate of drug-likeness (QED) is 0.255. The van der Waals surface area contributed by atoms with Gasteiger partial charge in [-0.2, -0.15) is 0 Å². The Labute approximate surface area is 206 Å². The number of hydrogen-bond donors (Lipinski definition) is 1. The number of hydrogen-bond acceptors (Lipinski definition) is 7. The Hall–Kier alpha value is -2.29. The number of carboxylic acid groups (broad SMARTS) is 1. The van der Waals surface area contributed by atoms with Gasteiger partial charge in [0.25, 0.3) is 0 Å². The van der Waals surface area contributed by atoms with Gasteiger partial charge in [-0.25, -0.2) is 0 Å². The van der Waals surface area contributed by atoms with Gasteiger partial charge in [-0.15, -0.1) is 0 Å². The molecule has 1 unspecified atom stereocenters. The summed E-state index contributed by atoms with van der Waals surface area (Å²) in [4.78, 5) is 26.8. The minimum Gasteiger partial charge on any atom is -0.481 e. The average Bonchev–Trinajstić information content (AvgIpc) is 3.47. The maximum atomic E-state index is 13.1. The number of ether oxygens (including phenoxy) is 1. The van der Waals surface area contributed by atoms with Crippen LogP contribution in [0.5, 0.6) is 0 Å². The second-order valence-electron chi connectivity index (χ2n) is 8.51. The summed E-state index contributed by atoms with van der Waals surface area (Å²) in [6.07, 6.45) is 2.41. The number of ketones is 1. The Balaban J connectivity index is 1.28. The number of carboxylic acids is 1. The van der Waals surface area contributed by atoms with E-state index in [1.54, 1.807) is 12.1 Å². The number of aromatic nitrogens is 1. The minimum atomic E-state index is -1.35. The zero-order valence-electron chi connectivity index (χ0n) is 20.2. The SMILES string of the molecule is CCOP(OCC)OCOC1CCN(c2ccc(C(=O)c3ccc4n3CCC4C(=O)O)cc2)CC1. The van der Waals surface area contributed by atoms with Crippen LogP contribution >= 0.6 is 8.60 Å². The Morgan fingerprint density at radius 1 is 0.943 bits per heavy atom. The summed E-state index contributed by atoms with van der Waals surface area (Å²) in [5, 5.41) is 9.37. The maximum Gasteiger partial charge on any atom is 0.334 e. The molecule has 1 fully saturated rings. The molecule has 9 nitrogen and oxygen atoms in total. The van der Waals surface area contributed by atoms with Crippen LogP contribution in [0, 0.1) is 0 Å². The topological polar surface area (TPSA) is 99.5 Å². The molecule has 2 aliphatic heterocycles. The molecule has 1 saturated heterocycles. The second kappa shape index (κ2) is 12.1. The van der Waals surface area contributed by atoms with E-state index in [4.69, 9.17) is 18.3 Å². The van der Waals surface area contributed by atoms with E-state index < -0.39 is 20.5 Å². The molecule has 1 atom stereocenters. The fraction of sp³-hybridized carbons (Fsp3) is 0.520. The molecule has 1 aromatic carbocycles. The molecule has 35 heavy (non-hydrogen) atoms. The molecule has 2 aliphatic rings. The smallest absolute Gasteiger partial charge is 0.334 e. The monoisotopic (exact) mass is 504 g/mol. The molecule has 0 aliphatic carbocycles. The van der Waals surface area contributed by atoms with Crippen molar-refractivity contribution in [1.29, 1.82) is 0 Å². The lowest BCUT2D eigenvalue weighted by Crippen LogP contribution is -2.37. The fourth-order valence-electron chi connectivity index (χ4n) is 4.64. The predicted molar refractivity (Wildman–Crippen MR) is 132 cm³/mol. The Morgan fingerprint density at radius 2 is 1.63 bits per heavy atom. The van der Waals surface area contributed by atoms with E-state index in [9.17, 15) is 14.7 Å². The molecule has 3 heterocycles. The van der Waals surface area contributed by atoms with Gasteiger partial charge in [0.15, 0.2) is 6.79 Å². The van der Waals surface area contributed by atoms with Crippen LogP contribution < -0.4 is 4.90 Å². The van der Waals surface area contributed by atoms with E-state index in [1.165, 1.54) is 0 Å². The zero-order valence-corrected chi connectivity index (χ0v) is 21.1. The number of carbonyl (C=O) groups is 2. The van der Waals surface area contributed by atoms with Crippen LogP contribution in [0.2, 0.25) is 0 Å². The molecule has 0 amide bonds. The van der Waals surface area contributed by atoms with Crippen LogP contribution in [-0.4, -0.2) is 60.6 Å². The summed E-state index contributed by atoms with van der Waals surface area (Å²) in [6, 6.07) is 11.1. The summed E-state index contributed by atoms with van der Waals surface area (Å²) in [6.45, 7) is 7.29. The van der Waals surface area contributed by atoms with E-state index in [1.807, 2.05) is 42.7 Å². The zero-order chi connectivity index (χ0) is 24.8. The summed E-state index contributed by atoms with van der Waals surface area (Å²) < 4.78 is 24.1. The molecule has 10 heteroatoms. The van der Waals surface area contributed by atoms with Gasteiger partial charge in [0, 0.05) is 36.6 Å². The molecule has 0 bridgehead atoms. The van der Waals surface area contributed by atoms with E-state index >= 15 is 0 Å². The fourth-order valence-corrected chi connectivity index (χ4v) is 5.43. The largest absolute Gasteiger partial charge is 0.481 e. The van der Waals surface area contributed by atoms with Gasteiger partial charge >= 0.3 is 14.6 Å². The van der Waals surface area contributed by atoms with Crippen molar-refractivity contribution in [3.63, 3.8) is 0 Å². The first-order chi connectivity index (χ1) is 17.0. The molecule has 0 radical (unpaired) electrons. The van der Waals surface area contributed by atoms with Gasteiger partial charge in [-0.1, -0.05) is 0 Å². The molecule has 1 aromatic heterocycles. The molecule has 4 rings (SSSR count). The van der Waals surface area contributed by atoms with Crippen LogP contribution in [-0.2, 0) is 29.6 Å². The number of fused-ring (bicyclic) bond motifs is 1. The summed E-state index contributed by atoms with van der Waals surface area (Å²) in [5.41, 5.74) is 2.93. The van der Waals surface area contributed by atoms with E-state index in [2.05, 4.69) is 4.90 Å². The summed E-state index contributed by atoms with van der Waals surface area (Å²) >= 11 is 0. The Kier molecular flexibility index (Phi) is 8.92.